The maximum Gasteiger partial charge on any atom is 0.416 e. The molecule has 112 valence electrons. The molecule has 0 saturated heterocycles. The molecular weight excluding hydrogens is 298 g/mol. The summed E-state index contributed by atoms with van der Waals surface area (Å²) in [6, 6.07) is 7.43. The summed E-state index contributed by atoms with van der Waals surface area (Å²) in [5.74, 6) is -0.788. The van der Waals surface area contributed by atoms with Crippen molar-refractivity contribution in [3.05, 3.63) is 66.4 Å². The molecule has 0 aliphatic carbocycles. The smallest absolute Gasteiger partial charge is 0.256 e. The predicted octanol–water partition coefficient (Wildman–Crippen LogP) is 4.09. The van der Waals surface area contributed by atoms with Crippen LogP contribution in [0.2, 0.25) is 0 Å². The van der Waals surface area contributed by atoms with Crippen LogP contribution in [0.25, 0.3) is 16.9 Å². The molecule has 0 fully saturated rings. The second-order valence-corrected chi connectivity index (χ2v) is 4.55. The van der Waals surface area contributed by atoms with Crippen LogP contribution in [0.15, 0.2) is 55.0 Å². The summed E-state index contributed by atoms with van der Waals surface area (Å²) < 4.78 is 53.0. The number of alkyl halides is 3. The molecule has 1 aromatic carbocycles. The summed E-state index contributed by atoms with van der Waals surface area (Å²) in [5.41, 5.74) is -0.0191. The minimum Gasteiger partial charge on any atom is -0.256 e. The molecule has 0 aliphatic rings. The van der Waals surface area contributed by atoms with Crippen LogP contribution in [0, 0.1) is 5.82 Å². The molecule has 0 radical (unpaired) electrons. The molecule has 22 heavy (non-hydrogen) atoms. The second-order valence-electron chi connectivity index (χ2n) is 4.55. The van der Waals surface area contributed by atoms with Crippen molar-refractivity contribution in [2.45, 2.75) is 6.18 Å². The maximum atomic E-state index is 13.8. The molecule has 2 aromatic heterocycles. The summed E-state index contributed by atoms with van der Waals surface area (Å²) in [5, 5.41) is 3.92. The normalized spacial score (nSPS) is 11.6. The van der Waals surface area contributed by atoms with Crippen LogP contribution in [-0.2, 0) is 6.18 Å². The van der Waals surface area contributed by atoms with E-state index < -0.39 is 17.6 Å². The molecule has 0 atom stereocenters. The van der Waals surface area contributed by atoms with Crippen molar-refractivity contribution >= 4 is 0 Å². The Morgan fingerprint density at radius 3 is 2.55 bits per heavy atom. The van der Waals surface area contributed by atoms with Crippen molar-refractivity contribution in [3.8, 4) is 16.9 Å². The fourth-order valence-corrected chi connectivity index (χ4v) is 1.98. The number of rotatable bonds is 2. The van der Waals surface area contributed by atoms with Crippen molar-refractivity contribution in [2.24, 2.45) is 0 Å². The average molecular weight is 307 g/mol. The molecule has 0 bridgehead atoms. The summed E-state index contributed by atoms with van der Waals surface area (Å²) in [6.07, 6.45) is -0.111. The zero-order valence-electron chi connectivity index (χ0n) is 11.0. The van der Waals surface area contributed by atoms with E-state index in [9.17, 15) is 17.6 Å². The topological polar surface area (TPSA) is 30.7 Å². The van der Waals surface area contributed by atoms with Gasteiger partial charge in [-0.1, -0.05) is 6.07 Å². The molecule has 0 amide bonds. The van der Waals surface area contributed by atoms with Crippen molar-refractivity contribution in [1.82, 2.24) is 14.8 Å². The Morgan fingerprint density at radius 1 is 1.05 bits per heavy atom. The fourth-order valence-electron chi connectivity index (χ4n) is 1.98. The quantitative estimate of drug-likeness (QED) is 0.668. The summed E-state index contributed by atoms with van der Waals surface area (Å²) in [4.78, 5) is 4.11. The van der Waals surface area contributed by atoms with Crippen molar-refractivity contribution in [3.63, 3.8) is 0 Å². The Labute approximate surface area is 122 Å². The summed E-state index contributed by atoms with van der Waals surface area (Å²) >= 11 is 0. The third-order valence-electron chi connectivity index (χ3n) is 3.06. The van der Waals surface area contributed by atoms with Crippen LogP contribution < -0.4 is 0 Å². The Balaban J connectivity index is 2.04. The van der Waals surface area contributed by atoms with Gasteiger partial charge in [-0.2, -0.15) is 18.3 Å². The zero-order chi connectivity index (χ0) is 15.7. The lowest BCUT2D eigenvalue weighted by atomic mass is 10.2. The van der Waals surface area contributed by atoms with E-state index in [1.165, 1.54) is 12.4 Å². The second kappa shape index (κ2) is 5.25. The van der Waals surface area contributed by atoms with E-state index >= 15 is 0 Å². The summed E-state index contributed by atoms with van der Waals surface area (Å²) in [6.45, 7) is 0. The molecule has 7 heteroatoms. The molecular formula is C15H9F4N3. The molecule has 0 saturated carbocycles. The predicted molar refractivity (Wildman–Crippen MR) is 71.8 cm³/mol. The number of hydrogen-bond acceptors (Lipinski definition) is 2. The molecule has 2 heterocycles. The molecule has 0 spiro atoms. The highest BCUT2D eigenvalue weighted by atomic mass is 19.4. The van der Waals surface area contributed by atoms with Crippen LogP contribution in [-0.4, -0.2) is 14.8 Å². The minimum atomic E-state index is -4.54. The Bertz CT molecular complexity index is 794. The van der Waals surface area contributed by atoms with Crippen LogP contribution >= 0.6 is 0 Å². The lowest BCUT2D eigenvalue weighted by Crippen LogP contribution is -2.07. The highest BCUT2D eigenvalue weighted by Crippen LogP contribution is 2.31. The van der Waals surface area contributed by atoms with E-state index in [0.29, 0.717) is 17.3 Å². The summed E-state index contributed by atoms with van der Waals surface area (Å²) in [7, 11) is 0. The number of nitrogens with zero attached hydrogens (tertiary/aromatic N) is 3. The zero-order valence-corrected chi connectivity index (χ0v) is 11.0. The van der Waals surface area contributed by atoms with Gasteiger partial charge in [-0.15, -0.1) is 0 Å². The number of halogens is 4. The third kappa shape index (κ3) is 2.69. The van der Waals surface area contributed by atoms with Crippen LogP contribution in [0.5, 0.6) is 0 Å². The first-order valence-corrected chi connectivity index (χ1v) is 6.28. The Morgan fingerprint density at radius 2 is 1.86 bits per heavy atom. The van der Waals surface area contributed by atoms with Gasteiger partial charge in [0, 0.05) is 18.0 Å². The van der Waals surface area contributed by atoms with Crippen molar-refractivity contribution < 1.29 is 17.6 Å². The van der Waals surface area contributed by atoms with E-state index in [-0.39, 0.29) is 5.69 Å². The van der Waals surface area contributed by atoms with Crippen molar-refractivity contribution in [1.29, 1.82) is 0 Å². The van der Waals surface area contributed by atoms with E-state index in [1.54, 1.807) is 24.4 Å². The van der Waals surface area contributed by atoms with Gasteiger partial charge in [0.15, 0.2) is 0 Å². The number of hydrogen-bond donors (Lipinski definition) is 0. The Hall–Kier alpha value is -2.70. The van der Waals surface area contributed by atoms with Crippen LogP contribution in [0.4, 0.5) is 17.6 Å². The van der Waals surface area contributed by atoms with E-state index in [1.807, 2.05) is 0 Å². The molecule has 3 nitrogen and oxygen atoms in total. The van der Waals surface area contributed by atoms with Gasteiger partial charge in [-0.25, -0.2) is 9.07 Å². The first-order valence-electron chi connectivity index (χ1n) is 6.28. The molecule has 3 rings (SSSR count). The van der Waals surface area contributed by atoms with Gasteiger partial charge >= 0.3 is 6.18 Å². The van der Waals surface area contributed by atoms with Crippen molar-refractivity contribution in [2.75, 3.05) is 0 Å². The van der Waals surface area contributed by atoms with Crippen LogP contribution in [0.3, 0.4) is 0 Å². The van der Waals surface area contributed by atoms with Gasteiger partial charge in [0.1, 0.15) is 11.5 Å². The largest absolute Gasteiger partial charge is 0.416 e. The Kier molecular flexibility index (Phi) is 3.40. The average Bonchev–Trinajstić information content (AvgIpc) is 2.97. The maximum absolute atomic E-state index is 13.8. The van der Waals surface area contributed by atoms with E-state index in [4.69, 9.17) is 0 Å². The number of aromatic nitrogens is 3. The van der Waals surface area contributed by atoms with Gasteiger partial charge in [-0.3, -0.25) is 4.98 Å². The SMILES string of the molecule is Fc1ccc(C(F)(F)F)cc1-n1cc(-c2ccccn2)cn1. The standard InChI is InChI=1S/C15H9F4N3/c16-12-5-4-11(15(17,18)19)7-14(12)22-9-10(8-21-22)13-3-1-2-6-20-13/h1-9H. The van der Waals surface area contributed by atoms with Gasteiger partial charge in [0.05, 0.1) is 17.5 Å². The first kappa shape index (κ1) is 14.2. The minimum absolute atomic E-state index is 0.267. The van der Waals surface area contributed by atoms with E-state index in [0.717, 1.165) is 16.8 Å². The number of pyridine rings is 1. The highest BCUT2D eigenvalue weighted by Gasteiger charge is 2.31. The first-order chi connectivity index (χ1) is 10.4. The van der Waals surface area contributed by atoms with Gasteiger partial charge < -0.3 is 0 Å². The van der Waals surface area contributed by atoms with E-state index in [2.05, 4.69) is 10.1 Å². The van der Waals surface area contributed by atoms with Gasteiger partial charge in [-0.05, 0) is 30.3 Å². The molecule has 0 aliphatic heterocycles. The molecule has 0 N–H and O–H groups in total. The van der Waals surface area contributed by atoms with Gasteiger partial charge in [0.25, 0.3) is 0 Å². The fraction of sp³-hybridized carbons (Fsp3) is 0.0667. The lowest BCUT2D eigenvalue weighted by Gasteiger charge is -2.09. The monoisotopic (exact) mass is 307 g/mol. The number of benzene rings is 1. The molecule has 3 aromatic rings. The third-order valence-corrected chi connectivity index (χ3v) is 3.06. The highest BCUT2D eigenvalue weighted by molar-refractivity contribution is 5.57. The molecule has 0 unspecified atom stereocenters. The van der Waals surface area contributed by atoms with Crippen LogP contribution in [0.1, 0.15) is 5.56 Å². The van der Waals surface area contributed by atoms with Gasteiger partial charge in [0.2, 0.25) is 0 Å². The lowest BCUT2D eigenvalue weighted by molar-refractivity contribution is -0.137.